The minimum Gasteiger partial charge on any atom is -0.340 e. The molecule has 0 aromatic carbocycles. The van der Waals surface area contributed by atoms with Gasteiger partial charge in [-0.2, -0.15) is 0 Å². The molecule has 17 heavy (non-hydrogen) atoms. The van der Waals surface area contributed by atoms with E-state index in [4.69, 9.17) is 0 Å². The molecule has 2 N–H and O–H groups in total. The Morgan fingerprint density at radius 3 is 2.71 bits per heavy atom. The van der Waals surface area contributed by atoms with Gasteiger partial charge in [-0.25, -0.2) is 4.98 Å². The third kappa shape index (κ3) is 2.83. The van der Waals surface area contributed by atoms with Crippen LogP contribution in [0.25, 0.3) is 0 Å². The highest BCUT2D eigenvalue weighted by Gasteiger charge is 2.16. The molecular formula is C11H19N5O. The highest BCUT2D eigenvalue weighted by Crippen LogP contribution is 2.07. The van der Waals surface area contributed by atoms with Crippen molar-refractivity contribution >= 4 is 5.95 Å². The number of H-pyrrole nitrogens is 1. The van der Waals surface area contributed by atoms with E-state index in [1.165, 1.54) is 0 Å². The molecule has 1 aromatic rings. The summed E-state index contributed by atoms with van der Waals surface area (Å²) >= 11 is 0. The molecule has 0 radical (unpaired) electrons. The van der Waals surface area contributed by atoms with Crippen LogP contribution in [-0.2, 0) is 6.54 Å². The fraction of sp³-hybridized carbons (Fsp3) is 0.636. The Bertz CT molecular complexity index is 422. The van der Waals surface area contributed by atoms with Crippen LogP contribution in [-0.4, -0.2) is 55.1 Å². The smallest absolute Gasteiger partial charge is 0.256 e. The van der Waals surface area contributed by atoms with E-state index in [1.807, 2.05) is 7.05 Å². The maximum Gasteiger partial charge on any atom is 0.256 e. The summed E-state index contributed by atoms with van der Waals surface area (Å²) in [5, 5.41) is 2.95. The lowest BCUT2D eigenvalue weighted by atomic mass is 10.3. The van der Waals surface area contributed by atoms with Gasteiger partial charge in [-0.05, 0) is 14.1 Å². The number of hydrogen-bond donors (Lipinski definition) is 2. The number of piperazine rings is 1. The first kappa shape index (κ1) is 12.1. The molecule has 0 atom stereocenters. The summed E-state index contributed by atoms with van der Waals surface area (Å²) in [6.07, 6.45) is 1.66. The lowest BCUT2D eigenvalue weighted by molar-refractivity contribution is 0.311. The summed E-state index contributed by atoms with van der Waals surface area (Å²) in [5.74, 6) is 0.683. The summed E-state index contributed by atoms with van der Waals surface area (Å²) in [6.45, 7) is 4.37. The summed E-state index contributed by atoms with van der Waals surface area (Å²) in [5.41, 5.74) is 0.619. The molecular weight excluding hydrogens is 218 g/mol. The number of nitrogens with one attached hydrogen (secondary N) is 2. The Morgan fingerprint density at radius 1 is 1.41 bits per heavy atom. The first-order valence-corrected chi connectivity index (χ1v) is 5.87. The Labute approximate surface area is 101 Å². The molecule has 0 saturated carbocycles. The lowest BCUT2D eigenvalue weighted by Gasteiger charge is -2.32. The number of aromatic amines is 1. The van der Waals surface area contributed by atoms with Crippen molar-refractivity contribution in [3.8, 4) is 0 Å². The van der Waals surface area contributed by atoms with E-state index in [2.05, 4.69) is 32.1 Å². The van der Waals surface area contributed by atoms with Crippen LogP contribution in [0, 0.1) is 0 Å². The molecule has 0 amide bonds. The second-order valence-corrected chi connectivity index (χ2v) is 4.38. The molecule has 0 spiro atoms. The monoisotopic (exact) mass is 237 g/mol. The molecule has 0 unspecified atom stereocenters. The Morgan fingerprint density at radius 2 is 2.12 bits per heavy atom. The van der Waals surface area contributed by atoms with Gasteiger partial charge in [-0.3, -0.25) is 9.78 Å². The van der Waals surface area contributed by atoms with Crippen LogP contribution in [0.3, 0.4) is 0 Å². The van der Waals surface area contributed by atoms with Crippen LogP contribution in [0.2, 0.25) is 0 Å². The zero-order chi connectivity index (χ0) is 12.3. The highest BCUT2D eigenvalue weighted by molar-refractivity contribution is 5.30. The number of nitrogens with zero attached hydrogens (tertiary/aromatic N) is 3. The van der Waals surface area contributed by atoms with E-state index in [1.54, 1.807) is 6.20 Å². The van der Waals surface area contributed by atoms with Crippen LogP contribution >= 0.6 is 0 Å². The molecule has 1 aromatic heterocycles. The molecule has 6 nitrogen and oxygen atoms in total. The van der Waals surface area contributed by atoms with Gasteiger partial charge in [0.1, 0.15) is 0 Å². The van der Waals surface area contributed by atoms with Gasteiger partial charge in [0.25, 0.3) is 5.56 Å². The number of hydrogen-bond acceptors (Lipinski definition) is 5. The SMILES string of the molecule is CNCc1cnc(N2CCN(C)CC2)[nH]c1=O. The third-order valence-corrected chi connectivity index (χ3v) is 3.03. The molecule has 2 rings (SSSR count). The molecule has 2 heterocycles. The van der Waals surface area contributed by atoms with E-state index < -0.39 is 0 Å². The zero-order valence-corrected chi connectivity index (χ0v) is 10.4. The van der Waals surface area contributed by atoms with Gasteiger partial charge in [-0.1, -0.05) is 0 Å². The molecule has 1 fully saturated rings. The molecule has 0 aliphatic carbocycles. The van der Waals surface area contributed by atoms with Crippen molar-refractivity contribution in [1.29, 1.82) is 0 Å². The summed E-state index contributed by atoms with van der Waals surface area (Å²) in [4.78, 5) is 23.3. The number of aromatic nitrogens is 2. The van der Waals surface area contributed by atoms with E-state index in [0.717, 1.165) is 26.2 Å². The summed E-state index contributed by atoms with van der Waals surface area (Å²) in [7, 11) is 3.91. The van der Waals surface area contributed by atoms with Crippen LogP contribution in [0.4, 0.5) is 5.95 Å². The van der Waals surface area contributed by atoms with E-state index in [0.29, 0.717) is 18.1 Å². The zero-order valence-electron chi connectivity index (χ0n) is 10.4. The number of likely N-dealkylation sites (N-methyl/N-ethyl adjacent to an activating group) is 1. The first-order chi connectivity index (χ1) is 8.20. The fourth-order valence-electron chi connectivity index (χ4n) is 1.91. The van der Waals surface area contributed by atoms with Crippen LogP contribution in [0.1, 0.15) is 5.56 Å². The van der Waals surface area contributed by atoms with E-state index in [9.17, 15) is 4.79 Å². The van der Waals surface area contributed by atoms with Gasteiger partial charge < -0.3 is 15.1 Å². The Balaban J connectivity index is 2.12. The highest BCUT2D eigenvalue weighted by atomic mass is 16.1. The predicted molar refractivity (Wildman–Crippen MR) is 67.3 cm³/mol. The van der Waals surface area contributed by atoms with Crippen molar-refractivity contribution in [2.24, 2.45) is 0 Å². The van der Waals surface area contributed by atoms with Crippen LogP contribution < -0.4 is 15.8 Å². The number of anilines is 1. The van der Waals surface area contributed by atoms with Crippen molar-refractivity contribution in [1.82, 2.24) is 20.2 Å². The standard InChI is InChI=1S/C11H19N5O/c1-12-7-9-8-13-11(14-10(9)17)16-5-3-15(2)4-6-16/h8,12H,3-7H2,1-2H3,(H,13,14,17). The molecule has 94 valence electrons. The Hall–Kier alpha value is -1.40. The minimum atomic E-state index is -0.0525. The average molecular weight is 237 g/mol. The van der Waals surface area contributed by atoms with Crippen molar-refractivity contribution in [3.63, 3.8) is 0 Å². The first-order valence-electron chi connectivity index (χ1n) is 5.87. The normalized spacial score (nSPS) is 17.4. The molecule has 1 aliphatic heterocycles. The largest absolute Gasteiger partial charge is 0.340 e. The summed E-state index contributed by atoms with van der Waals surface area (Å²) < 4.78 is 0. The van der Waals surface area contributed by atoms with Gasteiger partial charge in [0.15, 0.2) is 0 Å². The second kappa shape index (κ2) is 5.29. The predicted octanol–water partition coefficient (Wildman–Crippen LogP) is -0.759. The number of rotatable bonds is 3. The topological polar surface area (TPSA) is 64.3 Å². The minimum absolute atomic E-state index is 0.0525. The van der Waals surface area contributed by atoms with Gasteiger partial charge in [0.2, 0.25) is 5.95 Å². The molecule has 6 heteroatoms. The van der Waals surface area contributed by atoms with Gasteiger partial charge in [0, 0.05) is 44.5 Å². The second-order valence-electron chi connectivity index (χ2n) is 4.38. The van der Waals surface area contributed by atoms with E-state index in [-0.39, 0.29) is 5.56 Å². The van der Waals surface area contributed by atoms with Gasteiger partial charge >= 0.3 is 0 Å². The van der Waals surface area contributed by atoms with Gasteiger partial charge in [-0.15, -0.1) is 0 Å². The fourth-order valence-corrected chi connectivity index (χ4v) is 1.91. The molecule has 1 saturated heterocycles. The average Bonchev–Trinajstić information content (AvgIpc) is 2.33. The van der Waals surface area contributed by atoms with Crippen molar-refractivity contribution in [2.75, 3.05) is 45.2 Å². The molecule has 0 bridgehead atoms. The third-order valence-electron chi connectivity index (χ3n) is 3.03. The molecule has 1 aliphatic rings. The quantitative estimate of drug-likeness (QED) is 0.723. The van der Waals surface area contributed by atoms with Crippen LogP contribution in [0.15, 0.2) is 11.0 Å². The van der Waals surface area contributed by atoms with Crippen molar-refractivity contribution < 1.29 is 0 Å². The van der Waals surface area contributed by atoms with Crippen LogP contribution in [0.5, 0.6) is 0 Å². The Kier molecular flexibility index (Phi) is 3.75. The maximum absolute atomic E-state index is 11.8. The maximum atomic E-state index is 11.8. The van der Waals surface area contributed by atoms with Crippen molar-refractivity contribution in [3.05, 3.63) is 22.1 Å². The lowest BCUT2D eigenvalue weighted by Crippen LogP contribution is -2.45. The van der Waals surface area contributed by atoms with Gasteiger partial charge in [0.05, 0.1) is 0 Å². The van der Waals surface area contributed by atoms with Crippen molar-refractivity contribution in [2.45, 2.75) is 6.54 Å². The van der Waals surface area contributed by atoms with E-state index >= 15 is 0 Å². The summed E-state index contributed by atoms with van der Waals surface area (Å²) in [6, 6.07) is 0.